The lowest BCUT2D eigenvalue weighted by atomic mass is 10.1. The largest absolute Gasteiger partial charge is 0.361 e. The molecule has 5 heteroatoms. The SMILES string of the molecule is CCC(=O)N1CCN(Cc2cc(F)cc3c(CC)c[nH]c23)CC1. The van der Waals surface area contributed by atoms with Crippen molar-refractivity contribution in [2.75, 3.05) is 26.2 Å². The molecule has 1 aromatic carbocycles. The van der Waals surface area contributed by atoms with Crippen molar-refractivity contribution < 1.29 is 9.18 Å². The van der Waals surface area contributed by atoms with E-state index in [1.54, 1.807) is 12.1 Å². The smallest absolute Gasteiger partial charge is 0.222 e. The van der Waals surface area contributed by atoms with Crippen LogP contribution in [0, 0.1) is 5.82 Å². The van der Waals surface area contributed by atoms with E-state index in [1.807, 2.05) is 18.0 Å². The topological polar surface area (TPSA) is 39.3 Å². The number of carbonyl (C=O) groups is 1. The van der Waals surface area contributed by atoms with Crippen molar-refractivity contribution in [3.63, 3.8) is 0 Å². The number of carbonyl (C=O) groups excluding carboxylic acids is 1. The van der Waals surface area contributed by atoms with Crippen LogP contribution in [-0.2, 0) is 17.8 Å². The van der Waals surface area contributed by atoms with Gasteiger partial charge >= 0.3 is 0 Å². The molecule has 1 saturated heterocycles. The van der Waals surface area contributed by atoms with Crippen molar-refractivity contribution in [3.05, 3.63) is 35.3 Å². The molecular formula is C18H24FN3O. The van der Waals surface area contributed by atoms with Gasteiger partial charge in [-0.05, 0) is 29.7 Å². The van der Waals surface area contributed by atoms with Gasteiger partial charge in [-0.1, -0.05) is 13.8 Å². The fourth-order valence-electron chi connectivity index (χ4n) is 3.36. The van der Waals surface area contributed by atoms with E-state index in [2.05, 4.69) is 16.8 Å². The zero-order valence-electron chi connectivity index (χ0n) is 13.9. The molecule has 0 unspecified atom stereocenters. The summed E-state index contributed by atoms with van der Waals surface area (Å²) in [5.41, 5.74) is 3.18. The molecule has 2 heterocycles. The minimum Gasteiger partial charge on any atom is -0.361 e. The Morgan fingerprint density at radius 1 is 1.17 bits per heavy atom. The minimum absolute atomic E-state index is 0.179. The standard InChI is InChI=1S/C18H24FN3O/c1-3-13-11-20-18-14(9-15(19)10-16(13)18)12-21-5-7-22(8-6-21)17(23)4-2/h9-11,20H,3-8,12H2,1-2H3. The fourth-order valence-corrected chi connectivity index (χ4v) is 3.36. The molecule has 1 amide bonds. The van der Waals surface area contributed by atoms with E-state index >= 15 is 0 Å². The van der Waals surface area contributed by atoms with Crippen molar-refractivity contribution >= 4 is 16.8 Å². The summed E-state index contributed by atoms with van der Waals surface area (Å²) >= 11 is 0. The monoisotopic (exact) mass is 317 g/mol. The van der Waals surface area contributed by atoms with E-state index in [0.29, 0.717) is 13.0 Å². The molecule has 1 N–H and O–H groups in total. The highest BCUT2D eigenvalue weighted by Crippen LogP contribution is 2.25. The van der Waals surface area contributed by atoms with Gasteiger partial charge < -0.3 is 9.88 Å². The van der Waals surface area contributed by atoms with Crippen LogP contribution < -0.4 is 0 Å². The average molecular weight is 317 g/mol. The summed E-state index contributed by atoms with van der Waals surface area (Å²) in [4.78, 5) is 19.3. The van der Waals surface area contributed by atoms with Gasteiger partial charge in [-0.2, -0.15) is 0 Å². The first-order chi connectivity index (χ1) is 11.1. The van der Waals surface area contributed by atoms with E-state index in [1.165, 1.54) is 0 Å². The van der Waals surface area contributed by atoms with Gasteiger partial charge in [0.25, 0.3) is 0 Å². The van der Waals surface area contributed by atoms with Crippen LogP contribution in [0.3, 0.4) is 0 Å². The molecule has 3 rings (SSSR count). The highest BCUT2D eigenvalue weighted by molar-refractivity contribution is 5.86. The Morgan fingerprint density at radius 2 is 1.91 bits per heavy atom. The lowest BCUT2D eigenvalue weighted by Crippen LogP contribution is -2.48. The first-order valence-electron chi connectivity index (χ1n) is 8.40. The third kappa shape index (κ3) is 3.24. The predicted octanol–water partition coefficient (Wildman–Crippen LogP) is 2.92. The molecule has 0 radical (unpaired) electrons. The van der Waals surface area contributed by atoms with E-state index in [9.17, 15) is 9.18 Å². The molecule has 0 spiro atoms. The van der Waals surface area contributed by atoms with Gasteiger partial charge in [0.1, 0.15) is 5.82 Å². The number of amides is 1. The molecular weight excluding hydrogens is 293 g/mol. The Labute approximate surface area is 136 Å². The zero-order chi connectivity index (χ0) is 16.4. The van der Waals surface area contributed by atoms with Gasteiger partial charge in [-0.15, -0.1) is 0 Å². The van der Waals surface area contributed by atoms with E-state index in [0.717, 1.165) is 54.6 Å². The molecule has 2 aromatic rings. The Hall–Kier alpha value is -1.88. The number of fused-ring (bicyclic) bond motifs is 1. The number of aromatic nitrogens is 1. The van der Waals surface area contributed by atoms with Crippen molar-refractivity contribution in [1.82, 2.24) is 14.8 Å². The van der Waals surface area contributed by atoms with Crippen LogP contribution in [-0.4, -0.2) is 46.9 Å². The summed E-state index contributed by atoms with van der Waals surface area (Å²) in [5, 5.41) is 0.988. The highest BCUT2D eigenvalue weighted by atomic mass is 19.1. The summed E-state index contributed by atoms with van der Waals surface area (Å²) in [5.74, 6) is 0.0383. The number of rotatable bonds is 4. The Bertz CT molecular complexity index is 702. The van der Waals surface area contributed by atoms with Crippen LogP contribution in [0.15, 0.2) is 18.3 Å². The van der Waals surface area contributed by atoms with Gasteiger partial charge in [-0.25, -0.2) is 4.39 Å². The lowest BCUT2D eigenvalue weighted by Gasteiger charge is -2.34. The molecule has 0 aliphatic carbocycles. The van der Waals surface area contributed by atoms with Gasteiger partial charge in [-0.3, -0.25) is 9.69 Å². The number of hydrogen-bond acceptors (Lipinski definition) is 2. The van der Waals surface area contributed by atoms with Crippen LogP contribution in [0.5, 0.6) is 0 Å². The number of nitrogens with zero attached hydrogens (tertiary/aromatic N) is 2. The predicted molar refractivity (Wildman–Crippen MR) is 89.8 cm³/mol. The lowest BCUT2D eigenvalue weighted by molar-refractivity contribution is -0.132. The third-order valence-corrected chi connectivity index (χ3v) is 4.72. The van der Waals surface area contributed by atoms with Crippen LogP contribution in [0.2, 0.25) is 0 Å². The second-order valence-corrected chi connectivity index (χ2v) is 6.17. The van der Waals surface area contributed by atoms with Gasteiger partial charge in [0, 0.05) is 50.7 Å². The van der Waals surface area contributed by atoms with Crippen molar-refractivity contribution in [3.8, 4) is 0 Å². The zero-order valence-corrected chi connectivity index (χ0v) is 13.9. The van der Waals surface area contributed by atoms with Crippen LogP contribution in [0.4, 0.5) is 4.39 Å². The second kappa shape index (κ2) is 6.71. The molecule has 0 bridgehead atoms. The molecule has 124 valence electrons. The summed E-state index contributed by atoms with van der Waals surface area (Å²) < 4.78 is 14.0. The summed E-state index contributed by atoms with van der Waals surface area (Å²) in [7, 11) is 0. The molecule has 1 aliphatic rings. The molecule has 4 nitrogen and oxygen atoms in total. The molecule has 0 atom stereocenters. The first kappa shape index (κ1) is 16.0. The third-order valence-electron chi connectivity index (χ3n) is 4.72. The van der Waals surface area contributed by atoms with E-state index in [4.69, 9.17) is 0 Å². The molecule has 1 aromatic heterocycles. The fraction of sp³-hybridized carbons (Fsp3) is 0.500. The number of nitrogens with one attached hydrogen (secondary N) is 1. The Morgan fingerprint density at radius 3 is 2.57 bits per heavy atom. The second-order valence-electron chi connectivity index (χ2n) is 6.17. The van der Waals surface area contributed by atoms with Crippen LogP contribution >= 0.6 is 0 Å². The molecule has 0 saturated carbocycles. The van der Waals surface area contributed by atoms with E-state index < -0.39 is 0 Å². The number of benzene rings is 1. The highest BCUT2D eigenvalue weighted by Gasteiger charge is 2.21. The van der Waals surface area contributed by atoms with Gasteiger partial charge in [0.15, 0.2) is 0 Å². The maximum atomic E-state index is 14.0. The number of aromatic amines is 1. The molecule has 1 fully saturated rings. The van der Waals surface area contributed by atoms with Gasteiger partial charge in [0.05, 0.1) is 5.52 Å². The van der Waals surface area contributed by atoms with Crippen LogP contribution in [0.1, 0.15) is 31.4 Å². The Kier molecular flexibility index (Phi) is 4.66. The van der Waals surface area contributed by atoms with Crippen molar-refractivity contribution in [2.45, 2.75) is 33.2 Å². The molecule has 23 heavy (non-hydrogen) atoms. The molecule has 1 aliphatic heterocycles. The maximum Gasteiger partial charge on any atom is 0.222 e. The number of hydrogen-bond donors (Lipinski definition) is 1. The maximum absolute atomic E-state index is 14.0. The minimum atomic E-state index is -0.179. The van der Waals surface area contributed by atoms with E-state index in [-0.39, 0.29) is 11.7 Å². The van der Waals surface area contributed by atoms with Crippen LogP contribution in [0.25, 0.3) is 10.9 Å². The first-order valence-corrected chi connectivity index (χ1v) is 8.40. The summed E-state index contributed by atoms with van der Waals surface area (Å²) in [6, 6.07) is 3.24. The van der Waals surface area contributed by atoms with Gasteiger partial charge in [0.2, 0.25) is 5.91 Å². The number of piperazine rings is 1. The number of halogens is 1. The number of aryl methyl sites for hydroxylation is 1. The average Bonchev–Trinajstić information content (AvgIpc) is 2.97. The quantitative estimate of drug-likeness (QED) is 0.942. The summed E-state index contributed by atoms with van der Waals surface area (Å²) in [6.07, 6.45) is 3.43. The van der Waals surface area contributed by atoms with Crippen molar-refractivity contribution in [1.29, 1.82) is 0 Å². The normalized spacial score (nSPS) is 16.2. The summed E-state index contributed by atoms with van der Waals surface area (Å²) in [6.45, 7) is 7.89. The van der Waals surface area contributed by atoms with Crippen molar-refractivity contribution in [2.24, 2.45) is 0 Å². The Balaban J connectivity index is 1.75. The number of H-pyrrole nitrogens is 1.